The summed E-state index contributed by atoms with van der Waals surface area (Å²) in [7, 11) is 1.10. The molecular formula is C38H43N5O15. The predicted octanol–water partition coefficient (Wildman–Crippen LogP) is 0.375. The number of hydrogen-bond donors (Lipinski definition) is 4. The maximum Gasteiger partial charge on any atom is 0.363 e. The summed E-state index contributed by atoms with van der Waals surface area (Å²) < 4.78 is 0. The lowest BCUT2D eigenvalue weighted by Crippen LogP contribution is -2.48. The number of rotatable bonds is 22. The molecule has 0 spiro atoms. The first kappa shape index (κ1) is 45.4. The minimum Gasteiger partial charge on any atom is -0.481 e. The molecular weight excluding hydrogens is 766 g/mol. The van der Waals surface area contributed by atoms with Crippen molar-refractivity contribution in [3.8, 4) is 0 Å². The minimum atomic E-state index is -1.53. The van der Waals surface area contributed by atoms with Gasteiger partial charge in [-0.2, -0.15) is 0 Å². The fourth-order valence-corrected chi connectivity index (χ4v) is 5.66. The second kappa shape index (κ2) is 21.3. The number of hydrogen-bond acceptors (Lipinski definition) is 12. The predicted molar refractivity (Wildman–Crippen MR) is 196 cm³/mol. The van der Waals surface area contributed by atoms with E-state index in [4.69, 9.17) is 4.84 Å². The summed E-state index contributed by atoms with van der Waals surface area (Å²) in [4.78, 5) is 143. The number of amides is 6. The molecule has 1 atom stereocenters. The van der Waals surface area contributed by atoms with E-state index in [1.165, 1.54) is 18.2 Å². The second-order valence-electron chi connectivity index (χ2n) is 13.4. The molecule has 1 saturated heterocycles. The number of carboxylic acids is 3. The molecule has 0 aromatic heterocycles. The number of Topliss-reactive ketones (excluding diaryl/α,β-unsaturated/α-hetero) is 1. The van der Waals surface area contributed by atoms with Crippen LogP contribution in [0.15, 0.2) is 48.5 Å². The molecule has 1 fully saturated rings. The molecule has 0 saturated carbocycles. The lowest BCUT2D eigenvalue weighted by atomic mass is 9.96. The van der Waals surface area contributed by atoms with Crippen molar-refractivity contribution < 1.29 is 72.9 Å². The first-order chi connectivity index (χ1) is 27.4. The van der Waals surface area contributed by atoms with E-state index in [0.717, 1.165) is 23.6 Å². The van der Waals surface area contributed by atoms with Crippen molar-refractivity contribution in [1.82, 2.24) is 25.1 Å². The third kappa shape index (κ3) is 13.9. The van der Waals surface area contributed by atoms with Gasteiger partial charge in [-0.1, -0.05) is 30.2 Å². The molecule has 58 heavy (non-hydrogen) atoms. The highest BCUT2D eigenvalue weighted by molar-refractivity contribution is 6.04. The van der Waals surface area contributed by atoms with Crippen molar-refractivity contribution in [1.29, 1.82) is 0 Å². The zero-order valence-electron chi connectivity index (χ0n) is 31.7. The van der Waals surface area contributed by atoms with Crippen LogP contribution in [0, 0.1) is 12.8 Å². The summed E-state index contributed by atoms with van der Waals surface area (Å²) in [5.74, 6) is -12.3. The molecule has 20 nitrogen and oxygen atoms in total. The van der Waals surface area contributed by atoms with Crippen LogP contribution in [-0.4, -0.2) is 147 Å². The first-order valence-electron chi connectivity index (χ1n) is 17.9. The molecule has 3 rings (SSSR count). The van der Waals surface area contributed by atoms with Gasteiger partial charge >= 0.3 is 23.9 Å². The van der Waals surface area contributed by atoms with Gasteiger partial charge in [0.2, 0.25) is 11.8 Å². The number of nitrogens with zero attached hydrogens (tertiary/aromatic N) is 4. The molecule has 0 unspecified atom stereocenters. The zero-order valence-corrected chi connectivity index (χ0v) is 31.7. The third-order valence-electron chi connectivity index (χ3n) is 8.68. The van der Waals surface area contributed by atoms with Crippen molar-refractivity contribution >= 4 is 65.1 Å². The number of hydroxylamine groups is 2. The van der Waals surface area contributed by atoms with Crippen LogP contribution < -0.4 is 5.32 Å². The van der Waals surface area contributed by atoms with E-state index in [1.54, 1.807) is 18.2 Å². The van der Waals surface area contributed by atoms with Crippen LogP contribution in [0.4, 0.5) is 0 Å². The standard InChI is InChI=1S/C38H43N5O15/c1-23-7-5-9-24(15-23)35(53)39-14-4-3-8-26(37(55)56)17-28(44)18-41(21-33(49)50)32(48)19-40(2)31(47)20-42(22-34(51)52)36(54)25-10-6-11-27(16-25)38(57)58-43-29(45)12-13-30(43)46/h5-7,9-11,15-16,26H,3-4,8,12-14,17-22H2,1-2H3,(H,39,53)(H,49,50)(H,51,52)(H,55,56)/t26-/m0/s1. The van der Waals surface area contributed by atoms with Crippen LogP contribution in [-0.2, 0) is 43.2 Å². The molecule has 0 bridgehead atoms. The Morgan fingerprint density at radius 2 is 1.34 bits per heavy atom. The van der Waals surface area contributed by atoms with Gasteiger partial charge in [0.15, 0.2) is 5.78 Å². The van der Waals surface area contributed by atoms with Gasteiger partial charge in [0.1, 0.15) is 19.6 Å². The maximum absolute atomic E-state index is 13.3. The molecule has 20 heteroatoms. The Labute approximate surface area is 331 Å². The molecule has 0 radical (unpaired) electrons. The zero-order chi connectivity index (χ0) is 43.1. The number of ketones is 1. The van der Waals surface area contributed by atoms with Crippen molar-refractivity contribution in [3.63, 3.8) is 0 Å². The largest absolute Gasteiger partial charge is 0.481 e. The third-order valence-corrected chi connectivity index (χ3v) is 8.68. The highest BCUT2D eigenvalue weighted by Crippen LogP contribution is 2.17. The second-order valence-corrected chi connectivity index (χ2v) is 13.4. The molecule has 4 N–H and O–H groups in total. The Hall–Kier alpha value is -6.99. The summed E-state index contributed by atoms with van der Waals surface area (Å²) in [5.41, 5.74) is 0.810. The minimum absolute atomic E-state index is 0.0477. The van der Waals surface area contributed by atoms with Gasteiger partial charge in [0.25, 0.3) is 23.6 Å². The Balaban J connectivity index is 1.58. The number of likely N-dealkylation sites (N-methyl/N-ethyl adjacent to an activating group) is 1. The van der Waals surface area contributed by atoms with Gasteiger partial charge in [-0.3, -0.25) is 47.9 Å². The Morgan fingerprint density at radius 1 is 0.741 bits per heavy atom. The first-order valence-corrected chi connectivity index (χ1v) is 17.9. The Morgan fingerprint density at radius 3 is 1.97 bits per heavy atom. The topological polar surface area (TPSA) is 283 Å². The lowest BCUT2D eigenvalue weighted by molar-refractivity contribution is -0.172. The molecule has 1 aliphatic heterocycles. The lowest BCUT2D eigenvalue weighted by Gasteiger charge is -2.26. The average molecular weight is 810 g/mol. The number of carbonyl (C=O) groups is 11. The van der Waals surface area contributed by atoms with Gasteiger partial charge in [0, 0.05) is 44.0 Å². The Kier molecular flexibility index (Phi) is 16.7. The molecule has 1 heterocycles. The summed E-state index contributed by atoms with van der Waals surface area (Å²) in [6.07, 6.45) is -0.0820. The highest BCUT2D eigenvalue weighted by atomic mass is 16.7. The quantitative estimate of drug-likeness (QED) is 0.0924. The fraction of sp³-hybridized carbons (Fsp3) is 0.395. The van der Waals surface area contributed by atoms with Gasteiger partial charge in [0.05, 0.1) is 24.6 Å². The number of carbonyl (C=O) groups excluding carboxylic acids is 8. The number of nitrogens with one attached hydrogen (secondary N) is 1. The van der Waals surface area contributed by atoms with Gasteiger partial charge in [-0.15, -0.1) is 5.06 Å². The molecule has 0 aliphatic carbocycles. The molecule has 1 aliphatic rings. The summed E-state index contributed by atoms with van der Waals surface area (Å²) >= 11 is 0. The smallest absolute Gasteiger partial charge is 0.363 e. The van der Waals surface area contributed by atoms with Crippen LogP contribution in [0.5, 0.6) is 0 Å². The summed E-state index contributed by atoms with van der Waals surface area (Å²) in [5, 5.41) is 31.6. The van der Waals surface area contributed by atoms with Crippen molar-refractivity contribution in [3.05, 3.63) is 70.8 Å². The number of unbranched alkanes of at least 4 members (excludes halogenated alkanes) is 1. The molecule has 2 aromatic carbocycles. The number of aliphatic carboxylic acids is 3. The van der Waals surface area contributed by atoms with E-state index in [0.29, 0.717) is 33.3 Å². The van der Waals surface area contributed by atoms with Crippen LogP contribution in [0.2, 0.25) is 0 Å². The normalized spacial score (nSPS) is 12.6. The maximum atomic E-state index is 13.3. The van der Waals surface area contributed by atoms with E-state index < -0.39 is 104 Å². The average Bonchev–Trinajstić information content (AvgIpc) is 3.47. The van der Waals surface area contributed by atoms with Crippen molar-refractivity contribution in [2.45, 2.75) is 45.4 Å². The van der Waals surface area contributed by atoms with Crippen LogP contribution in [0.1, 0.15) is 75.2 Å². The number of aryl methyl sites for hydroxylation is 1. The van der Waals surface area contributed by atoms with E-state index >= 15 is 0 Å². The molecule has 6 amide bonds. The highest BCUT2D eigenvalue weighted by Gasteiger charge is 2.34. The van der Waals surface area contributed by atoms with Crippen LogP contribution >= 0.6 is 0 Å². The van der Waals surface area contributed by atoms with E-state index in [9.17, 15) is 68.1 Å². The van der Waals surface area contributed by atoms with Crippen molar-refractivity contribution in [2.24, 2.45) is 5.92 Å². The van der Waals surface area contributed by atoms with Crippen molar-refractivity contribution in [2.75, 3.05) is 46.3 Å². The summed E-state index contributed by atoms with van der Waals surface area (Å²) in [6.45, 7) is -2.42. The number of imide groups is 1. The van der Waals surface area contributed by atoms with Gasteiger partial charge < -0.3 is 40.2 Å². The van der Waals surface area contributed by atoms with Crippen LogP contribution in [0.3, 0.4) is 0 Å². The Bertz CT molecular complexity index is 1950. The fourth-order valence-electron chi connectivity index (χ4n) is 5.66. The molecule has 310 valence electrons. The number of carboxylic acid groups (broad SMARTS) is 3. The van der Waals surface area contributed by atoms with Crippen LogP contribution in [0.25, 0.3) is 0 Å². The SMILES string of the molecule is Cc1cccc(C(=O)NCCCC[C@@H](CC(=O)CN(CC(=O)O)C(=O)CN(C)C(=O)CN(CC(=O)O)C(=O)c2cccc(C(=O)ON3C(=O)CCC3=O)c2)C(=O)O)c1. The monoisotopic (exact) mass is 809 g/mol. The van der Waals surface area contributed by atoms with E-state index in [2.05, 4.69) is 5.32 Å². The van der Waals surface area contributed by atoms with Gasteiger partial charge in [-0.05, 0) is 50.1 Å². The van der Waals surface area contributed by atoms with E-state index in [-0.39, 0.29) is 42.8 Å². The molecule has 2 aromatic rings. The number of benzene rings is 2. The van der Waals surface area contributed by atoms with E-state index in [1.807, 2.05) is 13.0 Å². The van der Waals surface area contributed by atoms with Gasteiger partial charge in [-0.25, -0.2) is 4.79 Å². The summed E-state index contributed by atoms with van der Waals surface area (Å²) in [6, 6.07) is 11.6.